The normalized spacial score (nSPS) is 12.6. The Bertz CT molecular complexity index is 746. The molecule has 10 heteroatoms. The summed E-state index contributed by atoms with van der Waals surface area (Å²) in [5.74, 6) is -2.96. The van der Waals surface area contributed by atoms with E-state index in [1.165, 1.54) is 0 Å². The predicted octanol–water partition coefficient (Wildman–Crippen LogP) is 4.64. The third-order valence-corrected chi connectivity index (χ3v) is 3.12. The highest BCUT2D eigenvalue weighted by Crippen LogP contribution is 2.35. The summed E-state index contributed by atoms with van der Waals surface area (Å²) in [6, 6.07) is 3.02. The van der Waals surface area contributed by atoms with Crippen LogP contribution in [-0.4, -0.2) is 29.6 Å². The molecule has 0 spiro atoms. The van der Waals surface area contributed by atoms with E-state index in [-0.39, 0.29) is 23.9 Å². The molecule has 0 radical (unpaired) electrons. The molecule has 0 N–H and O–H groups in total. The number of aromatic nitrogens is 1. The van der Waals surface area contributed by atoms with Crippen LogP contribution in [0, 0.1) is 0 Å². The fourth-order valence-corrected chi connectivity index (χ4v) is 2.27. The summed E-state index contributed by atoms with van der Waals surface area (Å²) in [5.41, 5.74) is -1.17. The Morgan fingerprint density at radius 1 is 1.12 bits per heavy atom. The Hall–Kier alpha value is -2.26. The van der Waals surface area contributed by atoms with Crippen LogP contribution in [0.5, 0.6) is 5.75 Å². The van der Waals surface area contributed by atoms with Crippen LogP contribution >= 0.6 is 0 Å². The predicted molar refractivity (Wildman–Crippen MR) is 69.6 cm³/mol. The van der Waals surface area contributed by atoms with Crippen LogP contribution in [-0.2, 0) is 6.54 Å². The van der Waals surface area contributed by atoms with Crippen LogP contribution in [0.1, 0.15) is 16.8 Å². The highest BCUT2D eigenvalue weighted by Gasteiger charge is 2.41. The zero-order valence-electron chi connectivity index (χ0n) is 11.8. The third-order valence-electron chi connectivity index (χ3n) is 3.12. The molecule has 0 saturated heterocycles. The number of nitrogens with zero attached hydrogens (tertiary/aromatic N) is 1. The van der Waals surface area contributed by atoms with Gasteiger partial charge in [-0.15, -0.1) is 13.2 Å². The summed E-state index contributed by atoms with van der Waals surface area (Å²) >= 11 is 0. The molecule has 0 saturated carbocycles. The SMILES string of the molecule is O=C(c1cn(CCCF)c2c(OC(F)(F)F)cccc12)C(F)(F)F. The molecule has 2 aromatic rings. The molecule has 0 atom stereocenters. The second-order valence-corrected chi connectivity index (χ2v) is 4.81. The van der Waals surface area contributed by atoms with Gasteiger partial charge in [0, 0.05) is 18.1 Å². The van der Waals surface area contributed by atoms with E-state index < -0.39 is 36.3 Å². The summed E-state index contributed by atoms with van der Waals surface area (Å²) in [7, 11) is 0. The standard InChI is InChI=1S/C14H10F7NO2/c15-5-2-6-22-7-9(12(23)13(16,17)18)8-3-1-4-10(11(8)22)24-14(19,20)21/h1,3-4,7H,2,5-6H2. The van der Waals surface area contributed by atoms with E-state index in [0.717, 1.165) is 29.0 Å². The largest absolute Gasteiger partial charge is 0.573 e. The number of carbonyl (C=O) groups is 1. The number of hydrogen-bond acceptors (Lipinski definition) is 2. The van der Waals surface area contributed by atoms with E-state index in [1.807, 2.05) is 0 Å². The molecule has 0 aliphatic carbocycles. The van der Waals surface area contributed by atoms with E-state index in [4.69, 9.17) is 0 Å². The van der Waals surface area contributed by atoms with Gasteiger partial charge in [0.05, 0.1) is 17.8 Å². The van der Waals surface area contributed by atoms with Crippen LogP contribution < -0.4 is 4.74 Å². The van der Waals surface area contributed by atoms with Gasteiger partial charge >= 0.3 is 12.5 Å². The molecule has 24 heavy (non-hydrogen) atoms. The minimum Gasteiger partial charge on any atom is -0.404 e. The number of carbonyl (C=O) groups excluding carboxylic acids is 1. The number of rotatable bonds is 5. The monoisotopic (exact) mass is 357 g/mol. The topological polar surface area (TPSA) is 31.2 Å². The summed E-state index contributed by atoms with van der Waals surface area (Å²) in [6.07, 6.45) is -9.65. The summed E-state index contributed by atoms with van der Waals surface area (Å²) < 4.78 is 92.5. The Morgan fingerprint density at radius 2 is 1.79 bits per heavy atom. The molecule has 0 fully saturated rings. The first-order valence-corrected chi connectivity index (χ1v) is 6.59. The van der Waals surface area contributed by atoms with Crippen molar-refractivity contribution in [1.82, 2.24) is 4.57 Å². The number of halogens is 7. The number of ether oxygens (including phenoxy) is 1. The van der Waals surface area contributed by atoms with Crippen LogP contribution in [0.2, 0.25) is 0 Å². The van der Waals surface area contributed by atoms with E-state index >= 15 is 0 Å². The third kappa shape index (κ3) is 3.80. The number of alkyl halides is 7. The fourth-order valence-electron chi connectivity index (χ4n) is 2.27. The maximum atomic E-state index is 12.7. The van der Waals surface area contributed by atoms with Gasteiger partial charge in [-0.25, -0.2) is 0 Å². The van der Waals surface area contributed by atoms with Gasteiger partial charge in [-0.3, -0.25) is 9.18 Å². The van der Waals surface area contributed by atoms with Gasteiger partial charge < -0.3 is 9.30 Å². The van der Waals surface area contributed by atoms with Crippen molar-refractivity contribution >= 4 is 16.7 Å². The lowest BCUT2D eigenvalue weighted by Crippen LogP contribution is -2.22. The molecule has 1 aromatic heterocycles. The molecule has 3 nitrogen and oxygen atoms in total. The van der Waals surface area contributed by atoms with E-state index in [0.29, 0.717) is 0 Å². The highest BCUT2D eigenvalue weighted by atomic mass is 19.4. The zero-order valence-corrected chi connectivity index (χ0v) is 11.8. The number of benzene rings is 1. The maximum absolute atomic E-state index is 12.7. The van der Waals surface area contributed by atoms with Crippen molar-refractivity contribution in [1.29, 1.82) is 0 Å². The van der Waals surface area contributed by atoms with Gasteiger partial charge in [-0.1, -0.05) is 12.1 Å². The Labute approximate surface area is 130 Å². The minimum atomic E-state index is -5.19. The first-order valence-electron chi connectivity index (χ1n) is 6.59. The van der Waals surface area contributed by atoms with Crippen molar-refractivity contribution in [2.24, 2.45) is 0 Å². The van der Waals surface area contributed by atoms with Crippen LogP contribution in [0.3, 0.4) is 0 Å². The lowest BCUT2D eigenvalue weighted by Gasteiger charge is -2.12. The van der Waals surface area contributed by atoms with Crippen molar-refractivity contribution < 1.29 is 40.3 Å². The molecular weight excluding hydrogens is 347 g/mol. The minimum absolute atomic E-state index is 0.149. The molecule has 0 amide bonds. The Kier molecular flexibility index (Phi) is 4.77. The van der Waals surface area contributed by atoms with Crippen molar-refractivity contribution in [3.63, 3.8) is 0 Å². The Morgan fingerprint density at radius 3 is 2.33 bits per heavy atom. The van der Waals surface area contributed by atoms with Crippen LogP contribution in [0.25, 0.3) is 10.9 Å². The lowest BCUT2D eigenvalue weighted by atomic mass is 10.1. The summed E-state index contributed by atoms with van der Waals surface area (Å²) in [4.78, 5) is 11.5. The van der Waals surface area contributed by atoms with Gasteiger partial charge in [0.2, 0.25) is 0 Å². The van der Waals surface area contributed by atoms with Gasteiger partial charge in [-0.2, -0.15) is 13.2 Å². The van der Waals surface area contributed by atoms with Gasteiger partial charge in [0.1, 0.15) is 0 Å². The fraction of sp³-hybridized carbons (Fsp3) is 0.357. The van der Waals surface area contributed by atoms with Gasteiger partial charge in [0.25, 0.3) is 5.78 Å². The van der Waals surface area contributed by atoms with Crippen molar-refractivity contribution in [3.8, 4) is 5.75 Å². The smallest absolute Gasteiger partial charge is 0.404 e. The maximum Gasteiger partial charge on any atom is 0.573 e. The van der Waals surface area contributed by atoms with Crippen molar-refractivity contribution in [2.45, 2.75) is 25.5 Å². The van der Waals surface area contributed by atoms with Gasteiger partial charge in [-0.05, 0) is 12.5 Å². The first-order chi connectivity index (χ1) is 11.0. The highest BCUT2D eigenvalue weighted by molar-refractivity contribution is 6.11. The van der Waals surface area contributed by atoms with E-state index in [1.54, 1.807) is 0 Å². The second kappa shape index (κ2) is 6.33. The number of hydrogen-bond donors (Lipinski definition) is 0. The number of para-hydroxylation sites is 1. The number of ketones is 1. The summed E-state index contributed by atoms with van der Waals surface area (Å²) in [6.45, 7) is -1.04. The zero-order chi connectivity index (χ0) is 18.1. The second-order valence-electron chi connectivity index (χ2n) is 4.81. The van der Waals surface area contributed by atoms with E-state index in [2.05, 4.69) is 4.74 Å². The van der Waals surface area contributed by atoms with Crippen molar-refractivity contribution in [3.05, 3.63) is 30.0 Å². The van der Waals surface area contributed by atoms with Gasteiger partial charge in [0.15, 0.2) is 5.75 Å². The van der Waals surface area contributed by atoms with Crippen LogP contribution in [0.15, 0.2) is 24.4 Å². The quantitative estimate of drug-likeness (QED) is 0.576. The first kappa shape index (κ1) is 18.1. The number of fused-ring (bicyclic) bond motifs is 1. The molecule has 0 aliphatic heterocycles. The molecule has 1 aromatic carbocycles. The number of aryl methyl sites for hydroxylation is 1. The summed E-state index contributed by atoms with van der Waals surface area (Å²) in [5, 5.41) is -0.349. The lowest BCUT2D eigenvalue weighted by molar-refractivity contribution is -0.274. The Balaban J connectivity index is 2.66. The molecule has 0 aliphatic rings. The molecule has 1 heterocycles. The molecule has 0 bridgehead atoms. The molecule has 0 unspecified atom stereocenters. The molecular formula is C14H10F7NO2. The molecule has 2 rings (SSSR count). The molecule has 132 valence electrons. The van der Waals surface area contributed by atoms with E-state index in [9.17, 15) is 35.5 Å². The average molecular weight is 357 g/mol. The van der Waals surface area contributed by atoms with Crippen LogP contribution in [0.4, 0.5) is 30.7 Å². The van der Waals surface area contributed by atoms with Crippen molar-refractivity contribution in [2.75, 3.05) is 6.67 Å². The average Bonchev–Trinajstić information content (AvgIpc) is 2.81. The number of Topliss-reactive ketones (excluding diaryl/α,β-unsaturated/α-hetero) is 1.